The van der Waals surface area contributed by atoms with Crippen LogP contribution in [0.5, 0.6) is 5.75 Å². The minimum Gasteiger partial charge on any atom is -0.495 e. The molecule has 100 valence electrons. The van der Waals surface area contributed by atoms with E-state index in [9.17, 15) is 0 Å². The van der Waals surface area contributed by atoms with Gasteiger partial charge in [0, 0.05) is 11.1 Å². The second kappa shape index (κ2) is 5.09. The molecule has 3 aromatic rings. The molecule has 3 N–H and O–H groups in total. The fourth-order valence-corrected chi connectivity index (χ4v) is 2.10. The third-order valence-electron chi connectivity index (χ3n) is 3.08. The molecule has 0 aliphatic rings. The Bertz CT molecular complexity index is 756. The fraction of sp³-hybridized carbons (Fsp3) is 0.0625. The lowest BCUT2D eigenvalue weighted by atomic mass is 10.2. The Morgan fingerprint density at radius 1 is 1.05 bits per heavy atom. The predicted octanol–water partition coefficient (Wildman–Crippen LogP) is 3.57. The molecule has 0 saturated carbocycles. The van der Waals surface area contributed by atoms with Crippen molar-refractivity contribution in [2.75, 3.05) is 18.2 Å². The Balaban J connectivity index is 1.96. The molecule has 0 radical (unpaired) electrons. The Morgan fingerprint density at radius 2 is 1.90 bits per heavy atom. The van der Waals surface area contributed by atoms with Crippen LogP contribution in [0.25, 0.3) is 10.9 Å². The van der Waals surface area contributed by atoms with Crippen LogP contribution in [0.2, 0.25) is 0 Å². The van der Waals surface area contributed by atoms with Crippen molar-refractivity contribution in [2.24, 2.45) is 0 Å². The number of methoxy groups -OCH3 is 1. The summed E-state index contributed by atoms with van der Waals surface area (Å²) in [6, 6.07) is 17.3. The van der Waals surface area contributed by atoms with Gasteiger partial charge in [0.1, 0.15) is 11.6 Å². The first-order valence-corrected chi connectivity index (χ1v) is 6.32. The lowest BCUT2D eigenvalue weighted by Gasteiger charge is -2.10. The number of para-hydroxylation sites is 2. The average Bonchev–Trinajstić information content (AvgIpc) is 2.48. The topological polar surface area (TPSA) is 60.2 Å². The van der Waals surface area contributed by atoms with Gasteiger partial charge in [-0.15, -0.1) is 0 Å². The van der Waals surface area contributed by atoms with E-state index in [4.69, 9.17) is 10.5 Å². The summed E-state index contributed by atoms with van der Waals surface area (Å²) in [5, 5.41) is 4.29. The van der Waals surface area contributed by atoms with Crippen LogP contribution in [0.3, 0.4) is 0 Å². The number of aromatic nitrogens is 1. The van der Waals surface area contributed by atoms with Gasteiger partial charge < -0.3 is 15.8 Å². The highest BCUT2D eigenvalue weighted by molar-refractivity contribution is 5.84. The molecule has 0 unspecified atom stereocenters. The molecule has 4 heteroatoms. The zero-order valence-corrected chi connectivity index (χ0v) is 11.1. The van der Waals surface area contributed by atoms with Crippen LogP contribution in [0.1, 0.15) is 0 Å². The molecule has 0 spiro atoms. The summed E-state index contributed by atoms with van der Waals surface area (Å²) in [6.07, 6.45) is 0. The van der Waals surface area contributed by atoms with Gasteiger partial charge in [-0.3, -0.25) is 0 Å². The monoisotopic (exact) mass is 265 g/mol. The van der Waals surface area contributed by atoms with E-state index >= 15 is 0 Å². The molecule has 0 bridgehead atoms. The van der Waals surface area contributed by atoms with Crippen LogP contribution < -0.4 is 15.8 Å². The first-order chi connectivity index (χ1) is 9.76. The Labute approximate surface area is 117 Å². The first kappa shape index (κ1) is 12.3. The molecular formula is C16H15N3O. The molecule has 1 aromatic heterocycles. The lowest BCUT2D eigenvalue weighted by molar-refractivity contribution is 0.417. The van der Waals surface area contributed by atoms with Crippen molar-refractivity contribution < 1.29 is 4.74 Å². The lowest BCUT2D eigenvalue weighted by Crippen LogP contribution is -1.96. The number of nitrogens with zero attached hydrogens (tertiary/aromatic N) is 1. The highest BCUT2D eigenvalue weighted by Gasteiger charge is 2.03. The number of nitrogens with two attached hydrogens (primary N) is 1. The molecular weight excluding hydrogens is 250 g/mol. The maximum absolute atomic E-state index is 5.76. The van der Waals surface area contributed by atoms with Crippen LogP contribution in [0.4, 0.5) is 17.2 Å². The fourth-order valence-electron chi connectivity index (χ4n) is 2.10. The molecule has 1 heterocycles. The minimum absolute atomic E-state index is 0.740. The van der Waals surface area contributed by atoms with E-state index in [0.717, 1.165) is 33.8 Å². The molecule has 0 aliphatic heterocycles. The summed E-state index contributed by atoms with van der Waals surface area (Å²) in [4.78, 5) is 4.56. The summed E-state index contributed by atoms with van der Waals surface area (Å²) in [7, 11) is 1.65. The standard InChI is InChI=1S/C16H15N3O/c1-20-15-5-3-2-4-14(15)19-16-9-6-11-10-12(17)7-8-13(11)18-16/h2-10H,17H2,1H3,(H,18,19). The Kier molecular flexibility index (Phi) is 3.13. The largest absolute Gasteiger partial charge is 0.495 e. The second-order valence-electron chi connectivity index (χ2n) is 4.47. The number of anilines is 3. The summed E-state index contributed by atoms with van der Waals surface area (Å²) in [5.74, 6) is 1.55. The van der Waals surface area contributed by atoms with Crippen molar-refractivity contribution in [3.8, 4) is 5.75 Å². The minimum atomic E-state index is 0.740. The van der Waals surface area contributed by atoms with Crippen molar-refractivity contribution in [1.29, 1.82) is 0 Å². The molecule has 0 saturated heterocycles. The number of rotatable bonds is 3. The number of hydrogen-bond acceptors (Lipinski definition) is 4. The van der Waals surface area contributed by atoms with E-state index in [1.807, 2.05) is 54.6 Å². The Hall–Kier alpha value is -2.75. The molecule has 0 amide bonds. The maximum Gasteiger partial charge on any atom is 0.142 e. The van der Waals surface area contributed by atoms with Gasteiger partial charge in [-0.05, 0) is 42.5 Å². The summed E-state index contributed by atoms with van der Waals surface area (Å²) >= 11 is 0. The van der Waals surface area contributed by atoms with Crippen LogP contribution in [-0.4, -0.2) is 12.1 Å². The molecule has 0 fully saturated rings. The zero-order valence-electron chi connectivity index (χ0n) is 11.1. The zero-order chi connectivity index (χ0) is 13.9. The van der Waals surface area contributed by atoms with Crippen LogP contribution in [-0.2, 0) is 0 Å². The van der Waals surface area contributed by atoms with Crippen LogP contribution in [0, 0.1) is 0 Å². The third-order valence-corrected chi connectivity index (χ3v) is 3.08. The number of nitrogens with one attached hydrogen (secondary N) is 1. The molecule has 0 aliphatic carbocycles. The average molecular weight is 265 g/mol. The van der Waals surface area contributed by atoms with Crippen LogP contribution in [0.15, 0.2) is 54.6 Å². The van der Waals surface area contributed by atoms with Gasteiger partial charge in [0.25, 0.3) is 0 Å². The van der Waals surface area contributed by atoms with Gasteiger partial charge in [0.2, 0.25) is 0 Å². The van der Waals surface area contributed by atoms with Crippen molar-refractivity contribution >= 4 is 28.1 Å². The van der Waals surface area contributed by atoms with E-state index in [2.05, 4.69) is 10.3 Å². The van der Waals surface area contributed by atoms with Gasteiger partial charge in [0.15, 0.2) is 0 Å². The number of fused-ring (bicyclic) bond motifs is 1. The van der Waals surface area contributed by atoms with E-state index in [-0.39, 0.29) is 0 Å². The van der Waals surface area contributed by atoms with E-state index in [1.165, 1.54) is 0 Å². The maximum atomic E-state index is 5.76. The second-order valence-corrected chi connectivity index (χ2v) is 4.47. The van der Waals surface area contributed by atoms with Gasteiger partial charge in [0.05, 0.1) is 18.3 Å². The normalized spacial score (nSPS) is 10.4. The van der Waals surface area contributed by atoms with Crippen molar-refractivity contribution in [3.63, 3.8) is 0 Å². The number of pyridine rings is 1. The van der Waals surface area contributed by atoms with Gasteiger partial charge in [-0.1, -0.05) is 12.1 Å². The SMILES string of the molecule is COc1ccccc1Nc1ccc2cc(N)ccc2n1. The third kappa shape index (κ3) is 2.36. The van der Waals surface area contributed by atoms with Crippen molar-refractivity contribution in [1.82, 2.24) is 4.98 Å². The number of hydrogen-bond donors (Lipinski definition) is 2. The Morgan fingerprint density at radius 3 is 2.75 bits per heavy atom. The molecule has 4 nitrogen and oxygen atoms in total. The molecule has 3 rings (SSSR count). The highest BCUT2D eigenvalue weighted by Crippen LogP contribution is 2.27. The van der Waals surface area contributed by atoms with Crippen LogP contribution >= 0.6 is 0 Å². The summed E-state index contributed by atoms with van der Waals surface area (Å²) in [5.41, 5.74) is 8.29. The summed E-state index contributed by atoms with van der Waals surface area (Å²) in [6.45, 7) is 0. The van der Waals surface area contributed by atoms with Gasteiger partial charge in [-0.25, -0.2) is 4.98 Å². The molecule has 20 heavy (non-hydrogen) atoms. The van der Waals surface area contributed by atoms with Gasteiger partial charge in [-0.2, -0.15) is 0 Å². The van der Waals surface area contributed by atoms with Gasteiger partial charge >= 0.3 is 0 Å². The van der Waals surface area contributed by atoms with E-state index in [1.54, 1.807) is 7.11 Å². The highest BCUT2D eigenvalue weighted by atomic mass is 16.5. The molecule has 2 aromatic carbocycles. The number of ether oxygens (including phenoxy) is 1. The quantitative estimate of drug-likeness (QED) is 0.711. The predicted molar refractivity (Wildman–Crippen MR) is 82.4 cm³/mol. The number of nitrogen functional groups attached to an aromatic ring is 1. The van der Waals surface area contributed by atoms with E-state index in [0.29, 0.717) is 0 Å². The summed E-state index contributed by atoms with van der Waals surface area (Å²) < 4.78 is 5.31. The van der Waals surface area contributed by atoms with Crippen molar-refractivity contribution in [2.45, 2.75) is 0 Å². The van der Waals surface area contributed by atoms with E-state index < -0.39 is 0 Å². The molecule has 0 atom stereocenters. The first-order valence-electron chi connectivity index (χ1n) is 6.32. The number of benzene rings is 2. The van der Waals surface area contributed by atoms with Crippen molar-refractivity contribution in [3.05, 3.63) is 54.6 Å². The smallest absolute Gasteiger partial charge is 0.142 e.